The molecule has 0 fully saturated rings. The third-order valence-corrected chi connectivity index (χ3v) is 3.90. The second-order valence-electron chi connectivity index (χ2n) is 6.17. The Hall–Kier alpha value is -2.12. The quantitative estimate of drug-likeness (QED) is 0.384. The summed E-state index contributed by atoms with van der Waals surface area (Å²) >= 11 is 0. The molecule has 8 N–H and O–H groups in total. The lowest BCUT2D eigenvalue weighted by atomic mass is 10.1. The smallest absolute Gasteiger partial charge is 0.0718 e. The van der Waals surface area contributed by atoms with Crippen molar-refractivity contribution in [3.63, 3.8) is 0 Å². The van der Waals surface area contributed by atoms with Gasteiger partial charge in [0.15, 0.2) is 0 Å². The standard InChI is InChI=1S/C19H28N4O2/c20-16-5-1-3-14(9-16)11-24-8-7-18(22)19(23)13-25-12-15-4-2-6-17(21)10-15/h1-6,9-10,18-19H,7-8,11-13,20-23H2. The van der Waals surface area contributed by atoms with Crippen LogP contribution < -0.4 is 22.9 Å². The summed E-state index contributed by atoms with van der Waals surface area (Å²) in [6.07, 6.45) is 0.672. The second-order valence-corrected chi connectivity index (χ2v) is 6.17. The average molecular weight is 344 g/mol. The van der Waals surface area contributed by atoms with Gasteiger partial charge in [0.05, 0.1) is 19.8 Å². The van der Waals surface area contributed by atoms with Crippen LogP contribution in [0.5, 0.6) is 0 Å². The largest absolute Gasteiger partial charge is 0.399 e. The van der Waals surface area contributed by atoms with Gasteiger partial charge in [-0.3, -0.25) is 0 Å². The molecule has 0 aliphatic rings. The molecule has 0 aromatic heterocycles. The first kappa shape index (κ1) is 19.2. The summed E-state index contributed by atoms with van der Waals surface area (Å²) in [4.78, 5) is 0. The highest BCUT2D eigenvalue weighted by Gasteiger charge is 2.13. The number of ether oxygens (including phenoxy) is 2. The van der Waals surface area contributed by atoms with Crippen molar-refractivity contribution in [2.45, 2.75) is 31.7 Å². The van der Waals surface area contributed by atoms with Crippen LogP contribution in [0.2, 0.25) is 0 Å². The Bertz CT molecular complexity index is 651. The molecular weight excluding hydrogens is 316 g/mol. The first-order chi connectivity index (χ1) is 12.0. The fourth-order valence-electron chi connectivity index (χ4n) is 2.43. The van der Waals surface area contributed by atoms with Crippen molar-refractivity contribution >= 4 is 11.4 Å². The minimum atomic E-state index is -0.239. The topological polar surface area (TPSA) is 123 Å². The second kappa shape index (κ2) is 10.0. The van der Waals surface area contributed by atoms with Gasteiger partial charge >= 0.3 is 0 Å². The zero-order valence-electron chi connectivity index (χ0n) is 14.4. The molecule has 2 unspecified atom stereocenters. The molecule has 25 heavy (non-hydrogen) atoms. The van der Waals surface area contributed by atoms with E-state index in [9.17, 15) is 0 Å². The highest BCUT2D eigenvalue weighted by atomic mass is 16.5. The van der Waals surface area contributed by atoms with Crippen molar-refractivity contribution in [3.8, 4) is 0 Å². The van der Waals surface area contributed by atoms with Gasteiger partial charge in [-0.2, -0.15) is 0 Å². The van der Waals surface area contributed by atoms with E-state index in [1.807, 2.05) is 48.5 Å². The van der Waals surface area contributed by atoms with Crippen molar-refractivity contribution in [2.75, 3.05) is 24.7 Å². The van der Waals surface area contributed by atoms with Gasteiger partial charge in [-0.15, -0.1) is 0 Å². The molecule has 0 heterocycles. The molecule has 6 nitrogen and oxygen atoms in total. The van der Waals surface area contributed by atoms with Crippen LogP contribution in [0.3, 0.4) is 0 Å². The number of hydrogen-bond acceptors (Lipinski definition) is 6. The van der Waals surface area contributed by atoms with Gasteiger partial charge in [0.2, 0.25) is 0 Å². The van der Waals surface area contributed by atoms with Crippen molar-refractivity contribution < 1.29 is 9.47 Å². The van der Waals surface area contributed by atoms with Crippen LogP contribution in [0.4, 0.5) is 11.4 Å². The Morgan fingerprint density at radius 2 is 1.32 bits per heavy atom. The summed E-state index contributed by atoms with van der Waals surface area (Å²) in [6, 6.07) is 14.8. The average Bonchev–Trinajstić information content (AvgIpc) is 2.58. The number of nitrogen functional groups attached to an aromatic ring is 2. The molecule has 0 radical (unpaired) electrons. The third-order valence-electron chi connectivity index (χ3n) is 3.90. The maximum absolute atomic E-state index is 6.10. The van der Waals surface area contributed by atoms with E-state index < -0.39 is 0 Å². The third kappa shape index (κ3) is 7.11. The lowest BCUT2D eigenvalue weighted by Gasteiger charge is -2.20. The Labute approximate surface area is 149 Å². The minimum Gasteiger partial charge on any atom is -0.399 e. The fraction of sp³-hybridized carbons (Fsp3) is 0.368. The molecule has 0 bridgehead atoms. The van der Waals surface area contributed by atoms with E-state index in [1.54, 1.807) is 0 Å². The predicted octanol–water partition coefficient (Wildman–Crippen LogP) is 1.63. The van der Waals surface area contributed by atoms with Gasteiger partial charge < -0.3 is 32.4 Å². The molecule has 0 saturated carbocycles. The molecule has 2 aromatic carbocycles. The first-order valence-electron chi connectivity index (χ1n) is 8.40. The maximum atomic E-state index is 6.10. The van der Waals surface area contributed by atoms with Gasteiger partial charge in [-0.25, -0.2) is 0 Å². The van der Waals surface area contributed by atoms with E-state index >= 15 is 0 Å². The highest BCUT2D eigenvalue weighted by molar-refractivity contribution is 5.40. The van der Waals surface area contributed by atoms with Crippen LogP contribution in [-0.2, 0) is 22.7 Å². The summed E-state index contributed by atoms with van der Waals surface area (Å²) in [5.74, 6) is 0. The van der Waals surface area contributed by atoms with Gasteiger partial charge in [0.25, 0.3) is 0 Å². The molecule has 2 atom stereocenters. The number of hydrogen-bond donors (Lipinski definition) is 4. The predicted molar refractivity (Wildman–Crippen MR) is 102 cm³/mol. The Balaban J connectivity index is 1.60. The lowest BCUT2D eigenvalue weighted by Crippen LogP contribution is -2.45. The Morgan fingerprint density at radius 3 is 1.88 bits per heavy atom. The zero-order valence-corrected chi connectivity index (χ0v) is 14.4. The number of rotatable bonds is 10. The van der Waals surface area contributed by atoms with E-state index in [0.29, 0.717) is 32.8 Å². The molecule has 2 aromatic rings. The van der Waals surface area contributed by atoms with Crippen molar-refractivity contribution in [1.29, 1.82) is 0 Å². The fourth-order valence-corrected chi connectivity index (χ4v) is 2.43. The number of anilines is 2. The molecule has 6 heteroatoms. The molecular formula is C19H28N4O2. The van der Waals surface area contributed by atoms with Crippen LogP contribution in [0.15, 0.2) is 48.5 Å². The van der Waals surface area contributed by atoms with Gasteiger partial charge in [-0.1, -0.05) is 24.3 Å². The maximum Gasteiger partial charge on any atom is 0.0718 e. The van der Waals surface area contributed by atoms with Crippen molar-refractivity contribution in [1.82, 2.24) is 0 Å². The monoisotopic (exact) mass is 344 g/mol. The summed E-state index contributed by atoms with van der Waals surface area (Å²) < 4.78 is 11.3. The minimum absolute atomic E-state index is 0.179. The van der Waals surface area contributed by atoms with Crippen LogP contribution in [0.25, 0.3) is 0 Å². The van der Waals surface area contributed by atoms with E-state index in [1.165, 1.54) is 0 Å². The molecule has 0 amide bonds. The molecule has 2 rings (SSSR count). The van der Waals surface area contributed by atoms with Gasteiger partial charge in [-0.05, 0) is 41.8 Å². The van der Waals surface area contributed by atoms with E-state index in [4.69, 9.17) is 32.4 Å². The lowest BCUT2D eigenvalue weighted by molar-refractivity contribution is 0.0863. The van der Waals surface area contributed by atoms with Crippen molar-refractivity contribution in [3.05, 3.63) is 59.7 Å². The normalized spacial score (nSPS) is 13.5. The Morgan fingerprint density at radius 1 is 0.760 bits per heavy atom. The summed E-state index contributed by atoms with van der Waals surface area (Å²) in [7, 11) is 0. The van der Waals surface area contributed by atoms with Crippen LogP contribution in [0.1, 0.15) is 17.5 Å². The number of benzene rings is 2. The molecule has 0 aliphatic carbocycles. The van der Waals surface area contributed by atoms with Crippen LogP contribution >= 0.6 is 0 Å². The summed E-state index contributed by atoms with van der Waals surface area (Å²) in [5, 5.41) is 0. The molecule has 0 spiro atoms. The summed E-state index contributed by atoms with van der Waals surface area (Å²) in [6.45, 7) is 1.92. The first-order valence-corrected chi connectivity index (χ1v) is 8.40. The van der Waals surface area contributed by atoms with Crippen LogP contribution in [0, 0.1) is 0 Å². The summed E-state index contributed by atoms with van der Waals surface area (Å²) in [5.41, 5.74) is 27.2. The SMILES string of the molecule is Nc1cccc(COCCC(N)C(N)COCc2cccc(N)c2)c1. The molecule has 136 valence electrons. The molecule has 0 saturated heterocycles. The molecule has 0 aliphatic heterocycles. The van der Waals surface area contributed by atoms with E-state index in [-0.39, 0.29) is 12.1 Å². The zero-order chi connectivity index (χ0) is 18.1. The number of nitrogens with two attached hydrogens (primary N) is 4. The van der Waals surface area contributed by atoms with Crippen molar-refractivity contribution in [2.24, 2.45) is 11.5 Å². The van der Waals surface area contributed by atoms with Crippen LogP contribution in [-0.4, -0.2) is 25.3 Å². The Kier molecular flexibility index (Phi) is 7.69. The van der Waals surface area contributed by atoms with E-state index in [0.717, 1.165) is 22.5 Å². The highest BCUT2D eigenvalue weighted by Crippen LogP contribution is 2.09. The van der Waals surface area contributed by atoms with Gasteiger partial charge in [0, 0.05) is 30.1 Å². The van der Waals surface area contributed by atoms with E-state index in [2.05, 4.69) is 0 Å². The van der Waals surface area contributed by atoms with Gasteiger partial charge in [0.1, 0.15) is 0 Å².